The van der Waals surface area contributed by atoms with Crippen LogP contribution in [0.2, 0.25) is 5.02 Å². The van der Waals surface area contributed by atoms with Crippen molar-refractivity contribution in [1.29, 1.82) is 0 Å². The van der Waals surface area contributed by atoms with Gasteiger partial charge in [-0.05, 0) is 38.5 Å². The third-order valence-electron chi connectivity index (χ3n) is 4.27. The Kier molecular flexibility index (Phi) is 6.73. The molecule has 1 fully saturated rings. The Hall–Kier alpha value is -1.92. The fourth-order valence-corrected chi connectivity index (χ4v) is 3.99. The average Bonchev–Trinajstić information content (AvgIpc) is 2.67. The molecule has 1 aliphatic heterocycles. The van der Waals surface area contributed by atoms with Crippen LogP contribution < -0.4 is 4.90 Å². The van der Waals surface area contributed by atoms with Gasteiger partial charge < -0.3 is 14.5 Å². The summed E-state index contributed by atoms with van der Waals surface area (Å²) < 4.78 is 5.46. The molecule has 0 bridgehead atoms. The van der Waals surface area contributed by atoms with Crippen molar-refractivity contribution in [1.82, 2.24) is 9.88 Å². The maximum absolute atomic E-state index is 12.2. The fourth-order valence-electron chi connectivity index (χ4n) is 2.86. The van der Waals surface area contributed by atoms with Crippen molar-refractivity contribution in [3.63, 3.8) is 0 Å². The molecule has 0 spiro atoms. The van der Waals surface area contributed by atoms with Crippen LogP contribution in [0.25, 0.3) is 0 Å². The van der Waals surface area contributed by atoms with Gasteiger partial charge >= 0.3 is 6.09 Å². The zero-order chi connectivity index (χ0) is 20.1. The highest BCUT2D eigenvalue weighted by Crippen LogP contribution is 2.30. The van der Waals surface area contributed by atoms with Crippen molar-refractivity contribution in [2.75, 3.05) is 31.1 Å². The molecule has 7 heteroatoms. The van der Waals surface area contributed by atoms with Crippen LogP contribution >= 0.6 is 23.4 Å². The van der Waals surface area contributed by atoms with E-state index in [1.165, 1.54) is 5.56 Å². The van der Waals surface area contributed by atoms with Gasteiger partial charge in [-0.3, -0.25) is 0 Å². The van der Waals surface area contributed by atoms with Crippen molar-refractivity contribution in [3.8, 4) is 0 Å². The lowest BCUT2D eigenvalue weighted by Crippen LogP contribution is -2.50. The van der Waals surface area contributed by atoms with Gasteiger partial charge in [0.1, 0.15) is 16.4 Å². The SMILES string of the molecule is CC(C)(C)OC(=O)N1CCN(c2ccc(Cl)c(SCc3ccccc3)n2)CC1. The number of halogens is 1. The maximum atomic E-state index is 12.2. The molecule has 3 rings (SSSR count). The second kappa shape index (κ2) is 9.05. The van der Waals surface area contributed by atoms with Crippen LogP contribution in [0.5, 0.6) is 0 Å². The van der Waals surface area contributed by atoms with Gasteiger partial charge in [0.2, 0.25) is 0 Å². The number of pyridine rings is 1. The first kappa shape index (κ1) is 20.8. The summed E-state index contributed by atoms with van der Waals surface area (Å²) in [6.45, 7) is 8.32. The van der Waals surface area contributed by atoms with Gasteiger partial charge in [0, 0.05) is 31.9 Å². The standard InChI is InChI=1S/C21H26ClN3O2S/c1-21(2,3)27-20(26)25-13-11-24(12-14-25)18-10-9-17(22)19(23-18)28-15-16-7-5-4-6-8-16/h4-10H,11-15H2,1-3H3. The molecular weight excluding hydrogens is 394 g/mol. The average molecular weight is 420 g/mol. The number of ether oxygens (including phenoxy) is 1. The van der Waals surface area contributed by atoms with E-state index < -0.39 is 5.60 Å². The number of aromatic nitrogens is 1. The van der Waals surface area contributed by atoms with Crippen molar-refractivity contribution in [2.45, 2.75) is 37.2 Å². The Bertz CT molecular complexity index is 803. The van der Waals surface area contributed by atoms with Crippen LogP contribution in [0.15, 0.2) is 47.5 Å². The molecular formula is C21H26ClN3O2S. The number of thioether (sulfide) groups is 1. The minimum absolute atomic E-state index is 0.254. The van der Waals surface area contributed by atoms with E-state index in [-0.39, 0.29) is 6.09 Å². The number of nitrogens with zero attached hydrogens (tertiary/aromatic N) is 3. The second-order valence-corrected chi connectivity index (χ2v) is 9.06. The molecule has 1 aromatic heterocycles. The van der Waals surface area contributed by atoms with E-state index in [1.807, 2.05) is 51.1 Å². The lowest BCUT2D eigenvalue weighted by Gasteiger charge is -2.36. The summed E-state index contributed by atoms with van der Waals surface area (Å²) in [6.07, 6.45) is -0.254. The fraction of sp³-hybridized carbons (Fsp3) is 0.429. The Balaban J connectivity index is 1.60. The van der Waals surface area contributed by atoms with Crippen molar-refractivity contribution < 1.29 is 9.53 Å². The van der Waals surface area contributed by atoms with E-state index in [4.69, 9.17) is 21.3 Å². The highest BCUT2D eigenvalue weighted by Gasteiger charge is 2.26. The van der Waals surface area contributed by atoms with Crippen LogP contribution in [-0.4, -0.2) is 47.8 Å². The Labute approximate surface area is 176 Å². The van der Waals surface area contributed by atoms with E-state index in [9.17, 15) is 4.79 Å². The van der Waals surface area contributed by atoms with E-state index in [0.717, 1.165) is 29.7 Å². The van der Waals surface area contributed by atoms with Gasteiger partial charge in [0.15, 0.2) is 0 Å². The molecule has 0 N–H and O–H groups in total. The summed E-state index contributed by atoms with van der Waals surface area (Å²) in [7, 11) is 0. The largest absolute Gasteiger partial charge is 0.444 e. The van der Waals surface area contributed by atoms with Gasteiger partial charge in [-0.1, -0.05) is 41.9 Å². The van der Waals surface area contributed by atoms with Gasteiger partial charge in [0.05, 0.1) is 5.02 Å². The number of hydrogen-bond acceptors (Lipinski definition) is 5. The Morgan fingerprint density at radius 1 is 1.11 bits per heavy atom. The van der Waals surface area contributed by atoms with E-state index in [1.54, 1.807) is 16.7 Å². The number of carbonyl (C=O) groups excluding carboxylic acids is 1. The lowest BCUT2D eigenvalue weighted by molar-refractivity contribution is 0.0240. The molecule has 28 heavy (non-hydrogen) atoms. The summed E-state index contributed by atoms with van der Waals surface area (Å²) in [5.41, 5.74) is 0.762. The highest BCUT2D eigenvalue weighted by molar-refractivity contribution is 7.98. The monoisotopic (exact) mass is 419 g/mol. The number of rotatable bonds is 4. The summed E-state index contributed by atoms with van der Waals surface area (Å²) in [5, 5.41) is 1.50. The van der Waals surface area contributed by atoms with Crippen molar-refractivity contribution in [3.05, 3.63) is 53.1 Å². The van der Waals surface area contributed by atoms with Crippen LogP contribution in [0, 0.1) is 0 Å². The molecule has 150 valence electrons. The molecule has 0 radical (unpaired) electrons. The predicted molar refractivity (Wildman–Crippen MR) is 115 cm³/mol. The normalized spacial score (nSPS) is 14.9. The highest BCUT2D eigenvalue weighted by atomic mass is 35.5. The minimum atomic E-state index is -0.475. The van der Waals surface area contributed by atoms with Gasteiger partial charge in [-0.15, -0.1) is 11.8 Å². The van der Waals surface area contributed by atoms with Gasteiger partial charge in [-0.25, -0.2) is 9.78 Å². The van der Waals surface area contributed by atoms with E-state index in [0.29, 0.717) is 18.1 Å². The summed E-state index contributed by atoms with van der Waals surface area (Å²) >= 11 is 7.99. The lowest BCUT2D eigenvalue weighted by atomic mass is 10.2. The smallest absolute Gasteiger partial charge is 0.410 e. The van der Waals surface area contributed by atoms with E-state index >= 15 is 0 Å². The molecule has 0 saturated carbocycles. The van der Waals surface area contributed by atoms with E-state index in [2.05, 4.69) is 17.0 Å². The first-order chi connectivity index (χ1) is 13.3. The number of benzene rings is 1. The van der Waals surface area contributed by atoms with Crippen LogP contribution in [0.4, 0.5) is 10.6 Å². The summed E-state index contributed by atoms with van der Waals surface area (Å²) in [5.74, 6) is 1.72. The number of carbonyl (C=O) groups is 1. The van der Waals surface area contributed by atoms with Crippen molar-refractivity contribution >= 4 is 35.3 Å². The number of piperazine rings is 1. The zero-order valence-electron chi connectivity index (χ0n) is 16.5. The first-order valence-corrected chi connectivity index (χ1v) is 10.7. The number of amides is 1. The topological polar surface area (TPSA) is 45.7 Å². The third kappa shape index (κ3) is 5.79. The Morgan fingerprint density at radius 3 is 2.43 bits per heavy atom. The number of hydrogen-bond donors (Lipinski definition) is 0. The number of anilines is 1. The quantitative estimate of drug-likeness (QED) is 0.646. The molecule has 5 nitrogen and oxygen atoms in total. The zero-order valence-corrected chi connectivity index (χ0v) is 18.1. The summed E-state index contributed by atoms with van der Waals surface area (Å²) in [6, 6.07) is 14.1. The molecule has 1 aliphatic rings. The maximum Gasteiger partial charge on any atom is 0.410 e. The summed E-state index contributed by atoms with van der Waals surface area (Å²) in [4.78, 5) is 20.9. The van der Waals surface area contributed by atoms with Crippen molar-refractivity contribution in [2.24, 2.45) is 0 Å². The molecule has 0 aliphatic carbocycles. The molecule has 1 amide bonds. The Morgan fingerprint density at radius 2 is 1.79 bits per heavy atom. The molecule has 0 unspecified atom stereocenters. The first-order valence-electron chi connectivity index (χ1n) is 9.38. The molecule has 1 aromatic carbocycles. The van der Waals surface area contributed by atoms with Crippen LogP contribution in [0.3, 0.4) is 0 Å². The van der Waals surface area contributed by atoms with Crippen LogP contribution in [0.1, 0.15) is 26.3 Å². The predicted octanol–water partition coefficient (Wildman–Crippen LogP) is 5.08. The van der Waals surface area contributed by atoms with Crippen LogP contribution in [-0.2, 0) is 10.5 Å². The molecule has 0 atom stereocenters. The van der Waals surface area contributed by atoms with Gasteiger partial charge in [0.25, 0.3) is 0 Å². The van der Waals surface area contributed by atoms with Gasteiger partial charge in [-0.2, -0.15) is 0 Å². The second-order valence-electron chi connectivity index (χ2n) is 7.69. The third-order valence-corrected chi connectivity index (χ3v) is 5.75. The molecule has 1 saturated heterocycles. The molecule has 2 aromatic rings. The minimum Gasteiger partial charge on any atom is -0.444 e. The molecule has 2 heterocycles.